The number of hydrogen-bond acceptors (Lipinski definition) is 1. The molecular formula is C18H15ClN2S. The Morgan fingerprint density at radius 2 is 1.64 bits per heavy atom. The van der Waals surface area contributed by atoms with E-state index in [1.54, 1.807) is 11.8 Å². The maximum Gasteiger partial charge on any atom is 0.240 e. The summed E-state index contributed by atoms with van der Waals surface area (Å²) in [4.78, 5) is 1.19. The molecule has 0 bridgehead atoms. The second kappa shape index (κ2) is 6.86. The molecule has 0 fully saturated rings. The standard InChI is InChI=1S/C18H15ClN2S/c1-14-5-11-17(12-6-14)22-18-4-2-3-13-21(18)20-16-9-7-15(19)8-10-16/h2-13H,1H3. The fraction of sp³-hybridized carbons (Fsp3) is 0.0556. The number of hydrogen-bond donors (Lipinski definition) is 0. The van der Waals surface area contributed by atoms with Crippen LogP contribution in [0.1, 0.15) is 5.56 Å². The molecule has 1 aromatic heterocycles. The second-order valence-corrected chi connectivity index (χ2v) is 6.41. The van der Waals surface area contributed by atoms with E-state index in [0.29, 0.717) is 5.02 Å². The largest absolute Gasteiger partial charge is 0.404 e. The summed E-state index contributed by atoms with van der Waals surface area (Å²) in [6.45, 7) is 2.09. The van der Waals surface area contributed by atoms with E-state index in [1.807, 2.05) is 47.3 Å². The normalized spacial score (nSPS) is 10.5. The lowest BCUT2D eigenvalue weighted by Gasteiger charge is -2.16. The Balaban J connectivity index is 1.83. The average Bonchev–Trinajstić information content (AvgIpc) is 2.54. The van der Waals surface area contributed by atoms with Gasteiger partial charge in [0.05, 0.1) is 0 Å². The molecule has 22 heavy (non-hydrogen) atoms. The molecule has 2 nitrogen and oxygen atoms in total. The third-order valence-electron chi connectivity index (χ3n) is 3.10. The zero-order valence-corrected chi connectivity index (χ0v) is 13.7. The molecule has 0 N–H and O–H groups in total. The summed E-state index contributed by atoms with van der Waals surface area (Å²) in [6.07, 6.45) is 1.95. The van der Waals surface area contributed by atoms with E-state index in [9.17, 15) is 0 Å². The fourth-order valence-electron chi connectivity index (χ4n) is 1.94. The van der Waals surface area contributed by atoms with Gasteiger partial charge in [-0.1, -0.05) is 47.1 Å². The molecule has 4 heteroatoms. The number of aryl methyl sites for hydroxylation is 1. The Labute approximate surface area is 139 Å². The van der Waals surface area contributed by atoms with Gasteiger partial charge in [-0.25, -0.2) is 4.68 Å². The van der Waals surface area contributed by atoms with Gasteiger partial charge in [0, 0.05) is 22.1 Å². The van der Waals surface area contributed by atoms with E-state index in [2.05, 4.69) is 42.7 Å². The van der Waals surface area contributed by atoms with Crippen LogP contribution >= 0.6 is 23.4 Å². The minimum Gasteiger partial charge on any atom is -0.404 e. The summed E-state index contributed by atoms with van der Waals surface area (Å²) in [5.74, 6) is 0. The molecule has 110 valence electrons. The molecule has 0 unspecified atom stereocenters. The number of rotatable bonds is 4. The number of nitrogens with zero attached hydrogens (tertiary/aromatic N) is 2. The molecule has 0 aliphatic carbocycles. The van der Waals surface area contributed by atoms with Crippen molar-refractivity contribution in [2.45, 2.75) is 16.8 Å². The van der Waals surface area contributed by atoms with Crippen LogP contribution in [0.2, 0.25) is 5.02 Å². The second-order valence-electron chi connectivity index (χ2n) is 4.87. The molecule has 0 aliphatic rings. The lowest BCUT2D eigenvalue weighted by molar-refractivity contribution is -0.658. The molecule has 0 spiro atoms. The third-order valence-corrected chi connectivity index (χ3v) is 4.39. The Hall–Kier alpha value is -1.97. The summed E-state index contributed by atoms with van der Waals surface area (Å²) in [5.41, 5.74) is 6.76. The van der Waals surface area contributed by atoms with E-state index in [1.165, 1.54) is 10.5 Å². The van der Waals surface area contributed by atoms with Crippen molar-refractivity contribution in [2.24, 2.45) is 0 Å². The monoisotopic (exact) mass is 326 g/mol. The van der Waals surface area contributed by atoms with Crippen LogP contribution in [-0.4, -0.2) is 0 Å². The molecule has 0 saturated heterocycles. The zero-order chi connectivity index (χ0) is 15.4. The first kappa shape index (κ1) is 14.9. The predicted molar refractivity (Wildman–Crippen MR) is 91.8 cm³/mol. The van der Waals surface area contributed by atoms with Crippen molar-refractivity contribution in [3.63, 3.8) is 0 Å². The Morgan fingerprint density at radius 3 is 2.36 bits per heavy atom. The van der Waals surface area contributed by atoms with Crippen molar-refractivity contribution < 1.29 is 4.68 Å². The highest BCUT2D eigenvalue weighted by molar-refractivity contribution is 7.99. The topological polar surface area (TPSA) is 18.0 Å². The Bertz CT molecular complexity index is 688. The maximum atomic E-state index is 5.91. The van der Waals surface area contributed by atoms with Gasteiger partial charge in [0.25, 0.3) is 0 Å². The highest BCUT2D eigenvalue weighted by Crippen LogP contribution is 2.27. The maximum absolute atomic E-state index is 5.91. The predicted octanol–water partition coefficient (Wildman–Crippen LogP) is 5.56. The van der Waals surface area contributed by atoms with E-state index in [0.717, 1.165) is 10.7 Å². The van der Waals surface area contributed by atoms with Crippen molar-refractivity contribution in [3.05, 3.63) is 88.9 Å². The number of aromatic nitrogens is 1. The molecule has 1 heterocycles. The number of halogens is 1. The molecule has 0 radical (unpaired) electrons. The van der Waals surface area contributed by atoms with Gasteiger partial charge in [0.15, 0.2) is 6.20 Å². The molecule has 3 aromatic rings. The molecule has 3 rings (SSSR count). The fourth-order valence-corrected chi connectivity index (χ4v) is 2.92. The SMILES string of the molecule is Cc1ccc(Sc2cccc[n+]2[N-]c2ccc(Cl)cc2)cc1. The lowest BCUT2D eigenvalue weighted by atomic mass is 10.2. The summed E-state index contributed by atoms with van der Waals surface area (Å²) in [7, 11) is 0. The molecule has 0 saturated carbocycles. The van der Waals surface area contributed by atoms with Gasteiger partial charge < -0.3 is 5.43 Å². The van der Waals surface area contributed by atoms with Crippen molar-refractivity contribution in [1.82, 2.24) is 0 Å². The summed E-state index contributed by atoms with van der Waals surface area (Å²) >= 11 is 7.60. The van der Waals surface area contributed by atoms with Crippen LogP contribution in [0, 0.1) is 6.92 Å². The van der Waals surface area contributed by atoms with Gasteiger partial charge in [-0.3, -0.25) is 0 Å². The van der Waals surface area contributed by atoms with E-state index < -0.39 is 0 Å². The van der Waals surface area contributed by atoms with Gasteiger partial charge in [-0.05, 0) is 49.0 Å². The van der Waals surface area contributed by atoms with Crippen LogP contribution in [0.25, 0.3) is 5.43 Å². The third kappa shape index (κ3) is 3.81. The molecule has 2 aromatic carbocycles. The molecule has 0 atom stereocenters. The summed E-state index contributed by atoms with van der Waals surface area (Å²) in [6, 6.07) is 22.0. The van der Waals surface area contributed by atoms with Crippen molar-refractivity contribution >= 4 is 29.1 Å². The van der Waals surface area contributed by atoms with Crippen LogP contribution in [0.5, 0.6) is 0 Å². The van der Waals surface area contributed by atoms with Gasteiger partial charge in [-0.15, -0.1) is 0 Å². The minimum atomic E-state index is 0.714. The zero-order valence-electron chi connectivity index (χ0n) is 12.1. The van der Waals surface area contributed by atoms with Crippen LogP contribution in [-0.2, 0) is 0 Å². The lowest BCUT2D eigenvalue weighted by Crippen LogP contribution is -2.30. The van der Waals surface area contributed by atoms with Gasteiger partial charge in [-0.2, -0.15) is 0 Å². The van der Waals surface area contributed by atoms with Crippen LogP contribution in [0.3, 0.4) is 0 Å². The van der Waals surface area contributed by atoms with Gasteiger partial charge in [0.2, 0.25) is 5.03 Å². The van der Waals surface area contributed by atoms with E-state index in [4.69, 9.17) is 11.6 Å². The Kier molecular flexibility index (Phi) is 4.66. The molecule has 0 amide bonds. The Morgan fingerprint density at radius 1 is 0.909 bits per heavy atom. The van der Waals surface area contributed by atoms with Gasteiger partial charge >= 0.3 is 0 Å². The highest BCUT2D eigenvalue weighted by Gasteiger charge is 2.06. The summed E-state index contributed by atoms with van der Waals surface area (Å²) in [5, 5.41) is 1.77. The van der Waals surface area contributed by atoms with Crippen LogP contribution in [0.15, 0.2) is 82.8 Å². The highest BCUT2D eigenvalue weighted by atomic mass is 35.5. The average molecular weight is 327 g/mol. The first-order chi connectivity index (χ1) is 10.7. The first-order valence-corrected chi connectivity index (χ1v) is 8.13. The van der Waals surface area contributed by atoms with Crippen LogP contribution in [0.4, 0.5) is 5.69 Å². The number of benzene rings is 2. The van der Waals surface area contributed by atoms with Gasteiger partial charge in [0.1, 0.15) is 0 Å². The smallest absolute Gasteiger partial charge is 0.240 e. The van der Waals surface area contributed by atoms with Crippen molar-refractivity contribution in [2.75, 3.05) is 0 Å². The van der Waals surface area contributed by atoms with E-state index in [-0.39, 0.29) is 0 Å². The van der Waals surface area contributed by atoms with Crippen molar-refractivity contribution in [3.8, 4) is 0 Å². The van der Waals surface area contributed by atoms with Crippen LogP contribution < -0.4 is 4.68 Å². The minimum absolute atomic E-state index is 0.714. The molecule has 0 aliphatic heterocycles. The van der Waals surface area contributed by atoms with Crippen molar-refractivity contribution in [1.29, 1.82) is 0 Å². The molecular weight excluding hydrogens is 312 g/mol. The number of pyridine rings is 1. The quantitative estimate of drug-likeness (QED) is 0.574. The van der Waals surface area contributed by atoms with E-state index >= 15 is 0 Å². The summed E-state index contributed by atoms with van der Waals surface area (Å²) < 4.78 is 1.88. The first-order valence-electron chi connectivity index (χ1n) is 6.93.